The van der Waals surface area contributed by atoms with E-state index in [1.165, 1.54) is 0 Å². The molecule has 0 aromatic carbocycles. The molecule has 102 valence electrons. The number of aromatic nitrogens is 2. The molecule has 1 aromatic rings. The van der Waals surface area contributed by atoms with E-state index in [4.69, 9.17) is 0 Å². The quantitative estimate of drug-likeness (QED) is 0.758. The van der Waals surface area contributed by atoms with Gasteiger partial charge in [0, 0.05) is 18.3 Å². The standard InChI is InChI=1S/C13H25N5/c1-13(2,3)17-12-15-9-7-11(16-12)14-8-6-10-18(4)5/h7,9H,6,8,10H2,1-5H3,(H2,14,15,16,17). The van der Waals surface area contributed by atoms with Gasteiger partial charge in [0.1, 0.15) is 5.82 Å². The summed E-state index contributed by atoms with van der Waals surface area (Å²) in [4.78, 5) is 10.8. The average molecular weight is 251 g/mol. The number of nitrogens with zero attached hydrogens (tertiary/aromatic N) is 3. The van der Waals surface area contributed by atoms with Crippen LogP contribution in [0.2, 0.25) is 0 Å². The maximum Gasteiger partial charge on any atom is 0.224 e. The first-order valence-electron chi connectivity index (χ1n) is 6.37. The van der Waals surface area contributed by atoms with Crippen molar-refractivity contribution in [2.24, 2.45) is 0 Å². The predicted molar refractivity (Wildman–Crippen MR) is 77.1 cm³/mol. The lowest BCUT2D eigenvalue weighted by atomic mass is 10.1. The van der Waals surface area contributed by atoms with Crippen molar-refractivity contribution in [1.29, 1.82) is 0 Å². The molecule has 1 aromatic heterocycles. The summed E-state index contributed by atoms with van der Waals surface area (Å²) in [7, 11) is 4.16. The summed E-state index contributed by atoms with van der Waals surface area (Å²) in [6.07, 6.45) is 2.87. The maximum absolute atomic E-state index is 4.43. The molecular weight excluding hydrogens is 226 g/mol. The van der Waals surface area contributed by atoms with Gasteiger partial charge in [-0.25, -0.2) is 4.98 Å². The molecule has 0 saturated carbocycles. The van der Waals surface area contributed by atoms with Crippen LogP contribution in [-0.4, -0.2) is 47.6 Å². The molecule has 0 saturated heterocycles. The molecule has 1 rings (SSSR count). The van der Waals surface area contributed by atoms with E-state index in [-0.39, 0.29) is 5.54 Å². The monoisotopic (exact) mass is 251 g/mol. The van der Waals surface area contributed by atoms with E-state index < -0.39 is 0 Å². The summed E-state index contributed by atoms with van der Waals surface area (Å²) in [6, 6.07) is 1.89. The normalized spacial score (nSPS) is 11.7. The largest absolute Gasteiger partial charge is 0.370 e. The highest BCUT2D eigenvalue weighted by Crippen LogP contribution is 2.11. The Morgan fingerprint density at radius 3 is 2.61 bits per heavy atom. The van der Waals surface area contributed by atoms with Crippen LogP contribution in [0.4, 0.5) is 11.8 Å². The fraction of sp³-hybridized carbons (Fsp3) is 0.692. The second kappa shape index (κ2) is 6.54. The Balaban J connectivity index is 2.44. The van der Waals surface area contributed by atoms with Crippen molar-refractivity contribution in [1.82, 2.24) is 14.9 Å². The molecule has 0 aliphatic heterocycles. The highest BCUT2D eigenvalue weighted by molar-refractivity contribution is 5.40. The van der Waals surface area contributed by atoms with E-state index in [1.54, 1.807) is 6.20 Å². The Labute approximate surface area is 110 Å². The van der Waals surface area contributed by atoms with E-state index in [0.29, 0.717) is 5.95 Å². The van der Waals surface area contributed by atoms with E-state index in [0.717, 1.165) is 25.3 Å². The SMILES string of the molecule is CN(C)CCCNc1ccnc(NC(C)(C)C)n1. The van der Waals surface area contributed by atoms with Crippen molar-refractivity contribution >= 4 is 11.8 Å². The molecule has 0 aliphatic carbocycles. The lowest BCUT2D eigenvalue weighted by molar-refractivity contribution is 0.405. The third kappa shape index (κ3) is 6.39. The zero-order chi connectivity index (χ0) is 13.6. The van der Waals surface area contributed by atoms with Crippen LogP contribution in [0.1, 0.15) is 27.2 Å². The van der Waals surface area contributed by atoms with E-state index in [2.05, 4.69) is 60.4 Å². The van der Waals surface area contributed by atoms with Crippen LogP contribution in [0.5, 0.6) is 0 Å². The Morgan fingerprint density at radius 2 is 2.00 bits per heavy atom. The number of hydrogen-bond acceptors (Lipinski definition) is 5. The van der Waals surface area contributed by atoms with Gasteiger partial charge in [-0.2, -0.15) is 4.98 Å². The van der Waals surface area contributed by atoms with Crippen molar-refractivity contribution in [2.45, 2.75) is 32.7 Å². The van der Waals surface area contributed by atoms with E-state index >= 15 is 0 Å². The topological polar surface area (TPSA) is 53.1 Å². The van der Waals surface area contributed by atoms with E-state index in [1.807, 2.05) is 6.07 Å². The van der Waals surface area contributed by atoms with Crippen LogP contribution < -0.4 is 10.6 Å². The minimum Gasteiger partial charge on any atom is -0.370 e. The van der Waals surface area contributed by atoms with E-state index in [9.17, 15) is 0 Å². The second-order valence-corrected chi connectivity index (χ2v) is 5.72. The van der Waals surface area contributed by atoms with Crippen molar-refractivity contribution in [3.8, 4) is 0 Å². The van der Waals surface area contributed by atoms with Gasteiger partial charge in [-0.05, 0) is 53.9 Å². The van der Waals surface area contributed by atoms with Gasteiger partial charge < -0.3 is 15.5 Å². The summed E-state index contributed by atoms with van der Waals surface area (Å²) in [5.41, 5.74) is -0.0243. The lowest BCUT2D eigenvalue weighted by Crippen LogP contribution is -2.27. The van der Waals surface area contributed by atoms with Crippen LogP contribution in [0.25, 0.3) is 0 Å². The molecule has 0 fully saturated rings. The van der Waals surface area contributed by atoms with Gasteiger partial charge in [0.25, 0.3) is 0 Å². The van der Waals surface area contributed by atoms with Crippen LogP contribution in [0, 0.1) is 0 Å². The molecule has 18 heavy (non-hydrogen) atoms. The first-order valence-corrected chi connectivity index (χ1v) is 6.37. The molecular formula is C13H25N5. The second-order valence-electron chi connectivity index (χ2n) is 5.72. The maximum atomic E-state index is 4.43. The van der Waals surface area contributed by atoms with Gasteiger partial charge >= 0.3 is 0 Å². The first-order chi connectivity index (χ1) is 8.37. The minimum absolute atomic E-state index is 0.0243. The molecule has 0 unspecified atom stereocenters. The zero-order valence-electron chi connectivity index (χ0n) is 12.1. The Kier molecular flexibility index (Phi) is 5.34. The number of hydrogen-bond donors (Lipinski definition) is 2. The summed E-state index contributed by atoms with van der Waals surface area (Å²) >= 11 is 0. The van der Waals surface area contributed by atoms with Gasteiger partial charge in [0.2, 0.25) is 5.95 Å². The van der Waals surface area contributed by atoms with Crippen LogP contribution in [-0.2, 0) is 0 Å². The molecule has 5 heteroatoms. The van der Waals surface area contributed by atoms with Crippen molar-refractivity contribution in [3.63, 3.8) is 0 Å². The van der Waals surface area contributed by atoms with Gasteiger partial charge in [0.05, 0.1) is 0 Å². The molecule has 0 radical (unpaired) electrons. The van der Waals surface area contributed by atoms with Crippen molar-refractivity contribution < 1.29 is 0 Å². The Bertz CT molecular complexity index is 357. The van der Waals surface area contributed by atoms with Crippen molar-refractivity contribution in [3.05, 3.63) is 12.3 Å². The zero-order valence-corrected chi connectivity index (χ0v) is 12.1. The Morgan fingerprint density at radius 1 is 1.28 bits per heavy atom. The summed E-state index contributed by atoms with van der Waals surface area (Å²) in [6.45, 7) is 8.27. The van der Waals surface area contributed by atoms with Gasteiger partial charge in [-0.3, -0.25) is 0 Å². The van der Waals surface area contributed by atoms with Crippen LogP contribution in [0.3, 0.4) is 0 Å². The van der Waals surface area contributed by atoms with Gasteiger partial charge in [-0.15, -0.1) is 0 Å². The molecule has 5 nitrogen and oxygen atoms in total. The molecule has 2 N–H and O–H groups in total. The first kappa shape index (κ1) is 14.7. The van der Waals surface area contributed by atoms with Gasteiger partial charge in [0.15, 0.2) is 0 Å². The minimum atomic E-state index is -0.0243. The average Bonchev–Trinajstić information content (AvgIpc) is 2.22. The molecule has 0 bridgehead atoms. The molecule has 0 aliphatic rings. The summed E-state index contributed by atoms with van der Waals surface area (Å²) in [5.74, 6) is 1.54. The summed E-state index contributed by atoms with van der Waals surface area (Å²) < 4.78 is 0. The van der Waals surface area contributed by atoms with Crippen LogP contribution >= 0.6 is 0 Å². The third-order valence-corrected chi connectivity index (χ3v) is 2.23. The van der Waals surface area contributed by atoms with Crippen LogP contribution in [0.15, 0.2) is 12.3 Å². The number of nitrogens with one attached hydrogen (secondary N) is 2. The van der Waals surface area contributed by atoms with Crippen molar-refractivity contribution in [2.75, 3.05) is 37.8 Å². The fourth-order valence-electron chi connectivity index (χ4n) is 1.46. The number of rotatable bonds is 6. The highest BCUT2D eigenvalue weighted by Gasteiger charge is 2.11. The molecule has 0 atom stereocenters. The highest BCUT2D eigenvalue weighted by atomic mass is 15.2. The molecule has 0 spiro atoms. The Hall–Kier alpha value is -1.36. The predicted octanol–water partition coefficient (Wildman–Crippen LogP) is 2.05. The van der Waals surface area contributed by atoms with Gasteiger partial charge in [-0.1, -0.05) is 0 Å². The summed E-state index contributed by atoms with van der Waals surface area (Å²) in [5, 5.41) is 6.57. The molecule has 1 heterocycles. The lowest BCUT2D eigenvalue weighted by Gasteiger charge is -2.20. The third-order valence-electron chi connectivity index (χ3n) is 2.23. The fourth-order valence-corrected chi connectivity index (χ4v) is 1.46. The smallest absolute Gasteiger partial charge is 0.224 e. The molecule has 0 amide bonds. The number of anilines is 2.